The summed E-state index contributed by atoms with van der Waals surface area (Å²) >= 11 is 0. The summed E-state index contributed by atoms with van der Waals surface area (Å²) in [5.41, 5.74) is 3.27. The summed E-state index contributed by atoms with van der Waals surface area (Å²) in [4.78, 5) is 15.1. The zero-order chi connectivity index (χ0) is 20.1. The number of carbonyl (C=O) groups is 1. The van der Waals surface area contributed by atoms with E-state index >= 15 is 0 Å². The summed E-state index contributed by atoms with van der Waals surface area (Å²) in [5, 5.41) is 3.03. The molecule has 0 aromatic heterocycles. The Kier molecular flexibility index (Phi) is 6.41. The summed E-state index contributed by atoms with van der Waals surface area (Å²) in [5.74, 6) is 1.24. The number of methoxy groups -OCH3 is 3. The van der Waals surface area contributed by atoms with Gasteiger partial charge in [-0.1, -0.05) is 24.3 Å². The average molecular weight is 384 g/mol. The second-order valence-corrected chi connectivity index (χ2v) is 6.96. The van der Waals surface area contributed by atoms with E-state index in [4.69, 9.17) is 14.2 Å². The number of hydrogen-bond donors (Lipinski definition) is 1. The lowest BCUT2D eigenvalue weighted by molar-refractivity contribution is 0.0931. The maximum atomic E-state index is 12.7. The Morgan fingerprint density at radius 3 is 2.32 bits per heavy atom. The van der Waals surface area contributed by atoms with Crippen LogP contribution in [0.5, 0.6) is 17.2 Å². The average Bonchev–Trinajstić information content (AvgIpc) is 2.75. The molecular weight excluding hydrogens is 356 g/mol. The van der Waals surface area contributed by atoms with Crippen LogP contribution in [0.25, 0.3) is 0 Å². The molecule has 1 aliphatic rings. The van der Waals surface area contributed by atoms with Crippen molar-refractivity contribution < 1.29 is 19.0 Å². The molecule has 1 N–H and O–H groups in total. The molecule has 0 radical (unpaired) electrons. The maximum Gasteiger partial charge on any atom is 0.251 e. The van der Waals surface area contributed by atoms with Gasteiger partial charge in [-0.15, -0.1) is 0 Å². The highest BCUT2D eigenvalue weighted by molar-refractivity contribution is 5.95. The van der Waals surface area contributed by atoms with Gasteiger partial charge in [0, 0.05) is 31.2 Å². The van der Waals surface area contributed by atoms with Crippen LogP contribution >= 0.6 is 0 Å². The van der Waals surface area contributed by atoms with E-state index in [9.17, 15) is 4.79 Å². The van der Waals surface area contributed by atoms with Crippen LogP contribution in [-0.2, 0) is 13.0 Å². The highest BCUT2D eigenvalue weighted by atomic mass is 16.5. The number of rotatable bonds is 7. The molecule has 1 aliphatic heterocycles. The van der Waals surface area contributed by atoms with Crippen LogP contribution in [0.15, 0.2) is 36.4 Å². The number of amides is 1. The van der Waals surface area contributed by atoms with Crippen molar-refractivity contribution in [2.24, 2.45) is 0 Å². The highest BCUT2D eigenvalue weighted by Gasteiger charge is 2.22. The van der Waals surface area contributed by atoms with Crippen molar-refractivity contribution in [3.8, 4) is 17.2 Å². The molecule has 0 spiro atoms. The molecular formula is C22H28N2O4. The van der Waals surface area contributed by atoms with E-state index in [1.165, 1.54) is 25.3 Å². The van der Waals surface area contributed by atoms with E-state index in [0.29, 0.717) is 29.4 Å². The largest absolute Gasteiger partial charge is 0.493 e. The van der Waals surface area contributed by atoms with Crippen molar-refractivity contribution in [2.75, 3.05) is 34.4 Å². The van der Waals surface area contributed by atoms with E-state index < -0.39 is 0 Å². The maximum absolute atomic E-state index is 12.7. The van der Waals surface area contributed by atoms with Crippen LogP contribution in [0, 0.1) is 0 Å². The van der Waals surface area contributed by atoms with Crippen molar-refractivity contribution in [1.29, 1.82) is 0 Å². The molecule has 150 valence electrons. The number of nitrogens with zero attached hydrogens (tertiary/aromatic N) is 1. The predicted octanol–water partition coefficient (Wildman–Crippen LogP) is 2.89. The van der Waals surface area contributed by atoms with Crippen LogP contribution in [0.1, 0.15) is 28.4 Å². The molecule has 6 nitrogen and oxygen atoms in total. The molecule has 0 saturated heterocycles. The number of fused-ring (bicyclic) bond motifs is 1. The second-order valence-electron chi connectivity index (χ2n) is 6.96. The minimum atomic E-state index is -0.163. The highest BCUT2D eigenvalue weighted by Crippen LogP contribution is 2.38. The number of ether oxygens (including phenoxy) is 3. The SMILES string of the molecule is COc1cc(C(=O)NCC(C)N2CCc3ccccc3C2)cc(OC)c1OC. The third-order valence-corrected chi connectivity index (χ3v) is 5.27. The first-order valence-corrected chi connectivity index (χ1v) is 9.46. The minimum absolute atomic E-state index is 0.163. The standard InChI is InChI=1S/C22H28N2O4/c1-15(24-10-9-16-7-5-6-8-17(16)14-24)13-23-22(25)18-11-19(26-2)21(28-4)20(12-18)27-3/h5-8,11-12,15H,9-10,13-14H2,1-4H3,(H,23,25). The predicted molar refractivity (Wildman–Crippen MR) is 108 cm³/mol. The van der Waals surface area contributed by atoms with Gasteiger partial charge >= 0.3 is 0 Å². The minimum Gasteiger partial charge on any atom is -0.493 e. The fraction of sp³-hybridized carbons (Fsp3) is 0.409. The summed E-state index contributed by atoms with van der Waals surface area (Å²) in [6.07, 6.45) is 1.04. The Hall–Kier alpha value is -2.73. The first-order chi connectivity index (χ1) is 13.6. The summed E-state index contributed by atoms with van der Waals surface area (Å²) in [7, 11) is 4.61. The van der Waals surface area contributed by atoms with Crippen LogP contribution in [0.3, 0.4) is 0 Å². The van der Waals surface area contributed by atoms with Crippen molar-refractivity contribution in [3.63, 3.8) is 0 Å². The van der Waals surface area contributed by atoms with Crippen LogP contribution in [-0.4, -0.2) is 51.3 Å². The van der Waals surface area contributed by atoms with Gasteiger partial charge in [0.1, 0.15) is 0 Å². The Balaban J connectivity index is 1.64. The molecule has 6 heteroatoms. The van der Waals surface area contributed by atoms with E-state index in [-0.39, 0.29) is 11.9 Å². The summed E-state index contributed by atoms with van der Waals surface area (Å²) < 4.78 is 16.0. The number of hydrogen-bond acceptors (Lipinski definition) is 5. The molecule has 28 heavy (non-hydrogen) atoms. The zero-order valence-electron chi connectivity index (χ0n) is 17.0. The zero-order valence-corrected chi connectivity index (χ0v) is 17.0. The molecule has 1 unspecified atom stereocenters. The smallest absolute Gasteiger partial charge is 0.251 e. The molecule has 0 aliphatic carbocycles. The third-order valence-electron chi connectivity index (χ3n) is 5.27. The summed E-state index contributed by atoms with van der Waals surface area (Å²) in [6, 6.07) is 12.1. The van der Waals surface area contributed by atoms with Crippen molar-refractivity contribution in [2.45, 2.75) is 25.9 Å². The Morgan fingerprint density at radius 2 is 1.71 bits per heavy atom. The molecule has 2 aromatic carbocycles. The van der Waals surface area contributed by atoms with Gasteiger partial charge in [-0.2, -0.15) is 0 Å². The fourth-order valence-electron chi connectivity index (χ4n) is 3.58. The molecule has 1 amide bonds. The quantitative estimate of drug-likeness (QED) is 0.795. The first-order valence-electron chi connectivity index (χ1n) is 9.46. The van der Waals surface area contributed by atoms with Crippen molar-refractivity contribution >= 4 is 5.91 Å². The number of nitrogens with one attached hydrogen (secondary N) is 1. The van der Waals surface area contributed by atoms with Crippen LogP contribution < -0.4 is 19.5 Å². The fourth-order valence-corrected chi connectivity index (χ4v) is 3.58. The third kappa shape index (κ3) is 4.22. The topological polar surface area (TPSA) is 60.0 Å². The van der Waals surface area contributed by atoms with Crippen LogP contribution in [0.4, 0.5) is 0 Å². The Morgan fingerprint density at radius 1 is 1.07 bits per heavy atom. The lowest BCUT2D eigenvalue weighted by atomic mass is 9.99. The van der Waals surface area contributed by atoms with Gasteiger partial charge in [-0.3, -0.25) is 9.69 Å². The lowest BCUT2D eigenvalue weighted by Crippen LogP contribution is -2.44. The molecule has 0 bridgehead atoms. The van der Waals surface area contributed by atoms with E-state index in [1.54, 1.807) is 19.2 Å². The van der Waals surface area contributed by atoms with Gasteiger partial charge < -0.3 is 19.5 Å². The van der Waals surface area contributed by atoms with Gasteiger partial charge in [-0.05, 0) is 36.6 Å². The van der Waals surface area contributed by atoms with Gasteiger partial charge in [0.05, 0.1) is 21.3 Å². The van der Waals surface area contributed by atoms with Gasteiger partial charge in [-0.25, -0.2) is 0 Å². The molecule has 3 rings (SSSR count). The van der Waals surface area contributed by atoms with Gasteiger partial charge in [0.15, 0.2) is 11.5 Å². The second kappa shape index (κ2) is 8.97. The molecule has 0 saturated carbocycles. The monoisotopic (exact) mass is 384 g/mol. The molecule has 1 heterocycles. The van der Waals surface area contributed by atoms with E-state index in [0.717, 1.165) is 19.5 Å². The molecule has 0 fully saturated rings. The van der Waals surface area contributed by atoms with Crippen LogP contribution in [0.2, 0.25) is 0 Å². The molecule has 1 atom stereocenters. The van der Waals surface area contributed by atoms with Gasteiger partial charge in [0.2, 0.25) is 5.75 Å². The van der Waals surface area contributed by atoms with E-state index in [1.807, 2.05) is 0 Å². The normalized spacial score (nSPS) is 14.7. The van der Waals surface area contributed by atoms with Gasteiger partial charge in [0.25, 0.3) is 5.91 Å². The Bertz CT molecular complexity index is 812. The number of benzene rings is 2. The van der Waals surface area contributed by atoms with Crippen molar-refractivity contribution in [3.05, 3.63) is 53.1 Å². The number of carbonyl (C=O) groups excluding carboxylic acids is 1. The van der Waals surface area contributed by atoms with Crippen molar-refractivity contribution in [1.82, 2.24) is 10.2 Å². The Labute approximate surface area is 166 Å². The first kappa shape index (κ1) is 20.0. The van der Waals surface area contributed by atoms with E-state index in [2.05, 4.69) is 41.4 Å². The summed E-state index contributed by atoms with van der Waals surface area (Å²) in [6.45, 7) is 4.62. The lowest BCUT2D eigenvalue weighted by Gasteiger charge is -2.33. The molecule has 2 aromatic rings.